The lowest BCUT2D eigenvalue weighted by Crippen LogP contribution is -2.58. The molecule has 0 radical (unpaired) electrons. The van der Waals surface area contributed by atoms with E-state index >= 15 is 0 Å². The number of hydrogen-bond donors (Lipinski definition) is 1. The number of carbonyl (C=O) groups is 1. The van der Waals surface area contributed by atoms with Gasteiger partial charge >= 0.3 is 6.03 Å². The van der Waals surface area contributed by atoms with Crippen molar-refractivity contribution in [3.63, 3.8) is 0 Å². The molecule has 3 aliphatic rings. The van der Waals surface area contributed by atoms with E-state index < -0.39 is 20.5 Å². The van der Waals surface area contributed by atoms with E-state index in [0.29, 0.717) is 24.7 Å². The summed E-state index contributed by atoms with van der Waals surface area (Å²) in [6.07, 6.45) is 7.52. The number of carbonyl (C=O) groups excluding carboxylic acids is 1. The molecule has 39 heavy (non-hydrogen) atoms. The second kappa shape index (κ2) is 10.3. The number of sulfone groups is 1. The monoisotopic (exact) mass is 592 g/mol. The third-order valence-electron chi connectivity index (χ3n) is 9.24. The number of urea groups is 1. The van der Waals surface area contributed by atoms with Crippen LogP contribution in [-0.2, 0) is 20.5 Å². The Balaban J connectivity index is 1.53. The Labute approximate surface area is 236 Å². The highest BCUT2D eigenvalue weighted by Crippen LogP contribution is 2.51. The molecule has 5 rings (SSSR count). The highest BCUT2D eigenvalue weighted by molar-refractivity contribution is 7.90. The molecule has 2 amide bonds. The molecule has 1 aliphatic heterocycles. The number of benzene rings is 2. The fourth-order valence-corrected chi connectivity index (χ4v) is 7.87. The zero-order valence-corrected chi connectivity index (χ0v) is 25.8. The second-order valence-corrected chi connectivity index (χ2v) is 16.1. The summed E-state index contributed by atoms with van der Waals surface area (Å²) in [4.78, 5) is 17.7. The maximum absolute atomic E-state index is 14.7. The van der Waals surface area contributed by atoms with Gasteiger partial charge in [0.25, 0.3) is 0 Å². The van der Waals surface area contributed by atoms with Crippen LogP contribution in [0.4, 0.5) is 14.9 Å². The number of anilines is 1. The highest BCUT2D eigenvalue weighted by atomic mass is 32.2. The summed E-state index contributed by atoms with van der Waals surface area (Å²) in [5.41, 5.74) is 0.908. The Morgan fingerprint density at radius 2 is 1.74 bits per heavy atom. The molecule has 2 unspecified atom stereocenters. The third-order valence-corrected chi connectivity index (χ3v) is 11.0. The molecule has 7 nitrogen and oxygen atoms in total. The van der Waals surface area contributed by atoms with Crippen LogP contribution in [0.2, 0.25) is 0 Å². The van der Waals surface area contributed by atoms with Gasteiger partial charge in [-0.05, 0) is 67.7 Å². The lowest BCUT2D eigenvalue weighted by Gasteiger charge is -2.51. The molecular formula is C28H39FN4O3P2S. The quantitative estimate of drug-likeness (QED) is 0.279. The summed E-state index contributed by atoms with van der Waals surface area (Å²) >= 11 is 0. The lowest BCUT2D eigenvalue weighted by molar-refractivity contribution is 0.00565. The van der Waals surface area contributed by atoms with Crippen molar-refractivity contribution >= 4 is 40.0 Å². The first kappa shape index (κ1) is 28.9. The average Bonchev–Trinajstić information content (AvgIpc) is 3.11. The van der Waals surface area contributed by atoms with Gasteiger partial charge in [0.15, 0.2) is 15.0 Å². The predicted octanol–water partition coefficient (Wildman–Crippen LogP) is 4.98. The van der Waals surface area contributed by atoms with Crippen molar-refractivity contribution in [2.75, 3.05) is 31.3 Å². The fraction of sp³-hybridized carbons (Fsp3) is 0.536. The topological polar surface area (TPSA) is 87.0 Å². The Morgan fingerprint density at radius 3 is 2.26 bits per heavy atom. The number of hydrogen-bond acceptors (Lipinski definition) is 5. The zero-order valence-electron chi connectivity index (χ0n) is 22.6. The average molecular weight is 593 g/mol. The maximum atomic E-state index is 14.7. The van der Waals surface area contributed by atoms with Gasteiger partial charge in [-0.3, -0.25) is 10.7 Å². The molecule has 2 aromatic rings. The van der Waals surface area contributed by atoms with Gasteiger partial charge in [-0.25, -0.2) is 22.6 Å². The van der Waals surface area contributed by atoms with E-state index in [1.165, 1.54) is 12.5 Å². The molecule has 11 heteroatoms. The van der Waals surface area contributed by atoms with Crippen LogP contribution in [0.25, 0.3) is 0 Å². The SMILES string of the molecule is CN(N)C1(c2ccccc2)CCC2(CC1)CN(c1ccc(C(F)(P)P)cc1S(C)(=O)=O)C(=O)N2CC1CCC1. The number of amides is 2. The molecular weight excluding hydrogens is 553 g/mol. The molecule has 212 valence electrons. The Bertz CT molecular complexity index is 1340. The summed E-state index contributed by atoms with van der Waals surface area (Å²) in [7, 11) is 2.31. The molecule has 1 spiro atoms. The minimum absolute atomic E-state index is 0.0305. The normalized spacial score (nSPS) is 26.5. The van der Waals surface area contributed by atoms with Gasteiger partial charge in [0, 0.05) is 19.8 Å². The minimum Gasteiger partial charge on any atom is -0.317 e. The third kappa shape index (κ3) is 5.26. The largest absolute Gasteiger partial charge is 0.325 e. The van der Waals surface area contributed by atoms with Crippen LogP contribution in [0.1, 0.15) is 56.1 Å². The molecule has 3 fully saturated rings. The lowest BCUT2D eigenvalue weighted by atomic mass is 9.68. The van der Waals surface area contributed by atoms with Crippen LogP contribution in [0.15, 0.2) is 53.4 Å². The van der Waals surface area contributed by atoms with E-state index in [4.69, 9.17) is 5.84 Å². The van der Waals surface area contributed by atoms with E-state index in [1.54, 1.807) is 17.0 Å². The van der Waals surface area contributed by atoms with Gasteiger partial charge in [0.2, 0.25) is 0 Å². The summed E-state index contributed by atoms with van der Waals surface area (Å²) in [5.74, 6) is 6.93. The predicted molar refractivity (Wildman–Crippen MR) is 160 cm³/mol. The molecule has 2 saturated carbocycles. The number of rotatable bonds is 7. The number of nitrogens with two attached hydrogens (primary N) is 1. The van der Waals surface area contributed by atoms with Crippen LogP contribution in [0.3, 0.4) is 0 Å². The summed E-state index contributed by atoms with van der Waals surface area (Å²) in [6, 6.07) is 14.6. The number of alkyl halides is 1. The van der Waals surface area contributed by atoms with Gasteiger partial charge in [0.05, 0.1) is 28.2 Å². The fourth-order valence-electron chi connectivity index (χ4n) is 6.61. The summed E-state index contributed by atoms with van der Waals surface area (Å²) in [6.45, 7) is 1.06. The van der Waals surface area contributed by atoms with Crippen LogP contribution in [0, 0.1) is 5.92 Å². The van der Waals surface area contributed by atoms with E-state index in [0.717, 1.165) is 50.3 Å². The summed E-state index contributed by atoms with van der Waals surface area (Å²) < 4.78 is 40.5. The van der Waals surface area contributed by atoms with Gasteiger partial charge in [-0.2, -0.15) is 0 Å². The Kier molecular flexibility index (Phi) is 7.65. The molecule has 2 aromatic carbocycles. The van der Waals surface area contributed by atoms with Gasteiger partial charge < -0.3 is 4.90 Å². The van der Waals surface area contributed by atoms with Crippen molar-refractivity contribution in [1.29, 1.82) is 0 Å². The smallest absolute Gasteiger partial charge is 0.317 e. The van der Waals surface area contributed by atoms with Crippen molar-refractivity contribution < 1.29 is 17.6 Å². The van der Waals surface area contributed by atoms with Crippen molar-refractivity contribution in [2.45, 2.75) is 66.1 Å². The molecule has 2 N–H and O–H groups in total. The van der Waals surface area contributed by atoms with Gasteiger partial charge in [0.1, 0.15) is 0 Å². The van der Waals surface area contributed by atoms with Crippen LogP contribution in [-0.4, -0.2) is 56.3 Å². The second-order valence-electron chi connectivity index (χ2n) is 11.7. The van der Waals surface area contributed by atoms with E-state index in [2.05, 4.69) is 30.6 Å². The molecule has 2 aliphatic carbocycles. The van der Waals surface area contributed by atoms with Crippen LogP contribution >= 0.6 is 18.5 Å². The van der Waals surface area contributed by atoms with Crippen molar-refractivity contribution in [1.82, 2.24) is 9.91 Å². The Morgan fingerprint density at radius 1 is 1.10 bits per heavy atom. The van der Waals surface area contributed by atoms with Gasteiger partial charge in [-0.1, -0.05) is 61.3 Å². The van der Waals surface area contributed by atoms with Crippen LogP contribution in [0.5, 0.6) is 0 Å². The maximum Gasteiger partial charge on any atom is 0.325 e. The number of hydrazine groups is 1. The van der Waals surface area contributed by atoms with E-state index in [1.807, 2.05) is 35.2 Å². The molecule has 1 heterocycles. The standard InChI is InChI=1S/C28H39FN4O3P2S/c1-31(30)27(21-9-4-3-5-10-21)15-13-26(14-16-27)19-32(25(34)33(26)18-20-7-6-8-20)23-12-11-22(28(29,37)38)17-24(23)39(2,35)36/h3-5,9-12,17,20H,6-8,13-16,18-19,30,37-38H2,1-2H3. The first-order valence-corrected chi connectivity index (χ1v) is 16.6. The molecule has 2 atom stereocenters. The molecule has 1 saturated heterocycles. The van der Waals surface area contributed by atoms with Gasteiger partial charge in [-0.15, -0.1) is 0 Å². The number of halogens is 1. The van der Waals surface area contributed by atoms with E-state index in [9.17, 15) is 17.6 Å². The summed E-state index contributed by atoms with van der Waals surface area (Å²) in [5, 5.41) is -0.0575. The number of nitrogens with zero attached hydrogens (tertiary/aromatic N) is 3. The van der Waals surface area contributed by atoms with Crippen molar-refractivity contribution in [3.8, 4) is 0 Å². The van der Waals surface area contributed by atoms with Crippen LogP contribution < -0.4 is 10.7 Å². The first-order chi connectivity index (χ1) is 18.3. The molecule has 0 aromatic heterocycles. The minimum atomic E-state index is -3.74. The van der Waals surface area contributed by atoms with Crippen molar-refractivity contribution in [3.05, 3.63) is 59.7 Å². The van der Waals surface area contributed by atoms with Crippen molar-refractivity contribution in [2.24, 2.45) is 11.8 Å². The Hall–Kier alpha value is -1.63. The van der Waals surface area contributed by atoms with E-state index in [-0.39, 0.29) is 22.0 Å². The molecule has 0 bridgehead atoms. The first-order valence-electron chi connectivity index (χ1n) is 13.5. The zero-order chi connectivity index (χ0) is 28.2. The highest BCUT2D eigenvalue weighted by Gasteiger charge is 2.55.